The van der Waals surface area contributed by atoms with E-state index in [1.165, 1.54) is 4.68 Å². The third-order valence-electron chi connectivity index (χ3n) is 4.99. The normalized spacial score (nSPS) is 12.0. The summed E-state index contributed by atoms with van der Waals surface area (Å²) in [6.07, 6.45) is 1.66. The number of aromatic nitrogens is 1. The summed E-state index contributed by atoms with van der Waals surface area (Å²) in [6, 6.07) is 17.1. The van der Waals surface area contributed by atoms with E-state index < -0.39 is 0 Å². The first-order valence-corrected chi connectivity index (χ1v) is 9.82. The summed E-state index contributed by atoms with van der Waals surface area (Å²) < 4.78 is 1.50. The van der Waals surface area contributed by atoms with Crippen molar-refractivity contribution in [1.82, 2.24) is 9.99 Å². The maximum absolute atomic E-state index is 13.3. The maximum atomic E-state index is 13.3. The molecule has 2 N–H and O–H groups in total. The zero-order valence-electron chi connectivity index (χ0n) is 16.7. The number of fused-ring (bicyclic) bond motifs is 1. The van der Waals surface area contributed by atoms with Gasteiger partial charge in [-0.25, -0.2) is 4.68 Å². The minimum atomic E-state index is -0.170. The van der Waals surface area contributed by atoms with Crippen molar-refractivity contribution >= 4 is 16.7 Å². The van der Waals surface area contributed by atoms with Gasteiger partial charge in [-0.3, -0.25) is 9.59 Å². The number of nitrogens with zero attached hydrogens (tertiary/aromatic N) is 1. The molecule has 1 heterocycles. The molecule has 3 aromatic rings. The molecule has 5 nitrogen and oxygen atoms in total. The van der Waals surface area contributed by atoms with Crippen LogP contribution in [0.5, 0.6) is 0 Å². The minimum absolute atomic E-state index is 0.0872. The van der Waals surface area contributed by atoms with Crippen molar-refractivity contribution in [2.24, 2.45) is 0 Å². The minimum Gasteiger partial charge on any atom is -0.345 e. The zero-order valence-corrected chi connectivity index (χ0v) is 16.7. The van der Waals surface area contributed by atoms with Crippen LogP contribution in [0.4, 0.5) is 0 Å². The number of pyridine rings is 1. The Bertz CT molecular complexity index is 1030. The van der Waals surface area contributed by atoms with Gasteiger partial charge in [0.1, 0.15) is 0 Å². The van der Waals surface area contributed by atoms with E-state index in [0.717, 1.165) is 18.4 Å². The molecule has 2 aromatic carbocycles. The Morgan fingerprint density at radius 3 is 2.29 bits per heavy atom. The molecule has 5 heteroatoms. The monoisotopic (exact) mass is 377 g/mol. The first-order chi connectivity index (χ1) is 13.6. The summed E-state index contributed by atoms with van der Waals surface area (Å²) >= 11 is 0. The first-order valence-electron chi connectivity index (χ1n) is 9.82. The van der Waals surface area contributed by atoms with E-state index in [0.29, 0.717) is 28.6 Å². The van der Waals surface area contributed by atoms with Gasteiger partial charge in [0.25, 0.3) is 11.5 Å². The van der Waals surface area contributed by atoms with Gasteiger partial charge < -0.3 is 10.7 Å². The highest BCUT2D eigenvalue weighted by molar-refractivity contribution is 6.07. The van der Waals surface area contributed by atoms with Crippen molar-refractivity contribution in [2.45, 2.75) is 39.7 Å². The van der Waals surface area contributed by atoms with Crippen LogP contribution in [0.1, 0.15) is 54.3 Å². The Kier molecular flexibility index (Phi) is 6.14. The highest BCUT2D eigenvalue weighted by atomic mass is 16.2. The molecule has 0 fully saturated rings. The van der Waals surface area contributed by atoms with Gasteiger partial charge in [0.2, 0.25) is 0 Å². The fraction of sp³-hybridized carbons (Fsp3) is 0.304. The fourth-order valence-electron chi connectivity index (χ4n) is 3.50. The molecule has 0 saturated heterocycles. The number of carbonyl (C=O) groups excluding carboxylic acids is 1. The average molecular weight is 377 g/mol. The van der Waals surface area contributed by atoms with Crippen LogP contribution in [-0.2, 0) is 0 Å². The summed E-state index contributed by atoms with van der Waals surface area (Å²) in [7, 11) is 0. The molecule has 0 saturated carbocycles. The van der Waals surface area contributed by atoms with E-state index in [1.807, 2.05) is 69.3 Å². The van der Waals surface area contributed by atoms with Crippen LogP contribution in [0.3, 0.4) is 0 Å². The number of hydrogen-bond donors (Lipinski definition) is 2. The molecule has 1 aromatic heterocycles. The quantitative estimate of drug-likeness (QED) is 0.650. The van der Waals surface area contributed by atoms with Crippen molar-refractivity contribution < 1.29 is 4.79 Å². The number of benzene rings is 2. The Morgan fingerprint density at radius 2 is 1.64 bits per heavy atom. The lowest BCUT2D eigenvalue weighted by molar-refractivity contribution is 0.0936. The van der Waals surface area contributed by atoms with E-state index in [4.69, 9.17) is 0 Å². The SMILES string of the molecule is CCCNn1c(C)c(C(=O)NC(CC)c2ccccc2)c2ccccc2c1=O. The molecule has 3 rings (SSSR count). The third-order valence-corrected chi connectivity index (χ3v) is 4.99. The molecule has 1 unspecified atom stereocenters. The molecule has 28 heavy (non-hydrogen) atoms. The van der Waals surface area contributed by atoms with E-state index in [2.05, 4.69) is 10.7 Å². The lowest BCUT2D eigenvalue weighted by Crippen LogP contribution is -2.36. The second kappa shape index (κ2) is 8.74. The summed E-state index contributed by atoms with van der Waals surface area (Å²) in [4.78, 5) is 26.2. The van der Waals surface area contributed by atoms with Gasteiger partial charge in [0.05, 0.1) is 17.3 Å². The van der Waals surface area contributed by atoms with Crippen molar-refractivity contribution in [2.75, 3.05) is 12.0 Å². The van der Waals surface area contributed by atoms with Gasteiger partial charge >= 0.3 is 0 Å². The number of carbonyl (C=O) groups is 1. The van der Waals surface area contributed by atoms with E-state index in [-0.39, 0.29) is 17.5 Å². The van der Waals surface area contributed by atoms with Gasteiger partial charge in [-0.05, 0) is 31.4 Å². The predicted molar refractivity (Wildman–Crippen MR) is 114 cm³/mol. The van der Waals surface area contributed by atoms with Crippen LogP contribution >= 0.6 is 0 Å². The third kappa shape index (κ3) is 3.79. The van der Waals surface area contributed by atoms with Crippen molar-refractivity contribution in [3.05, 3.63) is 81.8 Å². The lowest BCUT2D eigenvalue weighted by Gasteiger charge is -2.21. The van der Waals surface area contributed by atoms with E-state index in [1.54, 1.807) is 6.07 Å². The molecule has 0 aliphatic heterocycles. The van der Waals surface area contributed by atoms with Crippen LogP contribution in [-0.4, -0.2) is 17.1 Å². The molecule has 146 valence electrons. The molecule has 1 amide bonds. The second-order valence-electron chi connectivity index (χ2n) is 6.90. The Labute approximate surface area is 165 Å². The smallest absolute Gasteiger partial charge is 0.276 e. The average Bonchev–Trinajstić information content (AvgIpc) is 2.72. The van der Waals surface area contributed by atoms with Gasteiger partial charge in [0, 0.05) is 17.3 Å². The molecule has 0 aliphatic carbocycles. The summed E-state index contributed by atoms with van der Waals surface area (Å²) in [6.45, 7) is 6.55. The second-order valence-corrected chi connectivity index (χ2v) is 6.90. The zero-order chi connectivity index (χ0) is 20.1. The predicted octanol–water partition coefficient (Wildman–Crippen LogP) is 4.14. The van der Waals surface area contributed by atoms with Gasteiger partial charge in [-0.2, -0.15) is 0 Å². The number of rotatable bonds is 7. The van der Waals surface area contributed by atoms with Crippen LogP contribution in [0.2, 0.25) is 0 Å². The van der Waals surface area contributed by atoms with Crippen LogP contribution in [0.25, 0.3) is 10.8 Å². The Hall–Kier alpha value is -3.08. The molecular weight excluding hydrogens is 350 g/mol. The summed E-state index contributed by atoms with van der Waals surface area (Å²) in [5.41, 5.74) is 5.24. The van der Waals surface area contributed by atoms with Crippen molar-refractivity contribution in [3.63, 3.8) is 0 Å². The van der Waals surface area contributed by atoms with E-state index >= 15 is 0 Å². The fourth-order valence-corrected chi connectivity index (χ4v) is 3.50. The molecule has 0 aliphatic rings. The molecule has 0 spiro atoms. The Balaban J connectivity index is 2.08. The van der Waals surface area contributed by atoms with Crippen molar-refractivity contribution in [1.29, 1.82) is 0 Å². The number of amides is 1. The first kappa shape index (κ1) is 19.7. The maximum Gasteiger partial charge on any atom is 0.276 e. The largest absolute Gasteiger partial charge is 0.345 e. The van der Waals surface area contributed by atoms with Gasteiger partial charge in [-0.15, -0.1) is 0 Å². The van der Waals surface area contributed by atoms with E-state index in [9.17, 15) is 9.59 Å². The molecular formula is C23H27N3O2. The van der Waals surface area contributed by atoms with Crippen LogP contribution in [0, 0.1) is 6.92 Å². The summed E-state index contributed by atoms with van der Waals surface area (Å²) in [5.74, 6) is -0.170. The number of hydrogen-bond acceptors (Lipinski definition) is 3. The van der Waals surface area contributed by atoms with Gasteiger partial charge in [0.15, 0.2) is 0 Å². The summed E-state index contributed by atoms with van der Waals surface area (Å²) in [5, 5.41) is 4.37. The molecule has 0 radical (unpaired) electrons. The highest BCUT2D eigenvalue weighted by Gasteiger charge is 2.21. The van der Waals surface area contributed by atoms with Gasteiger partial charge in [-0.1, -0.05) is 62.4 Å². The highest BCUT2D eigenvalue weighted by Crippen LogP contribution is 2.22. The Morgan fingerprint density at radius 1 is 1.00 bits per heavy atom. The van der Waals surface area contributed by atoms with Crippen LogP contribution in [0.15, 0.2) is 59.4 Å². The number of nitrogens with one attached hydrogen (secondary N) is 2. The lowest BCUT2D eigenvalue weighted by atomic mass is 10.0. The molecule has 0 bridgehead atoms. The topological polar surface area (TPSA) is 63.1 Å². The van der Waals surface area contributed by atoms with Crippen molar-refractivity contribution in [3.8, 4) is 0 Å². The molecule has 1 atom stereocenters. The van der Waals surface area contributed by atoms with Crippen LogP contribution < -0.4 is 16.3 Å². The standard InChI is InChI=1S/C23H27N3O2/c1-4-15-24-26-16(3)21(18-13-9-10-14-19(18)23(26)28)22(27)25-20(5-2)17-11-7-6-8-12-17/h6-14,20,24H,4-5,15H2,1-3H3,(H,25,27).